The van der Waals surface area contributed by atoms with Gasteiger partial charge in [-0.05, 0) is 37.3 Å². The minimum absolute atomic E-state index is 0.0847. The van der Waals surface area contributed by atoms with E-state index in [1.54, 1.807) is 24.5 Å². The second-order valence-electron chi connectivity index (χ2n) is 7.81. The smallest absolute Gasteiger partial charge is 0.250 e. The maximum absolute atomic E-state index is 12.7. The van der Waals surface area contributed by atoms with Crippen molar-refractivity contribution in [1.29, 1.82) is 0 Å². The molecule has 2 aromatic heterocycles. The van der Waals surface area contributed by atoms with Gasteiger partial charge in [-0.1, -0.05) is 12.5 Å². The molecule has 2 atom stereocenters. The number of hydrogen-bond donors (Lipinski definition) is 1. The maximum atomic E-state index is 12.7. The van der Waals surface area contributed by atoms with Crippen LogP contribution in [0.5, 0.6) is 0 Å². The Bertz CT molecular complexity index is 867. The summed E-state index contributed by atoms with van der Waals surface area (Å²) in [6, 6.07) is 7.30. The SMILES string of the molecule is O=C(CCCCCNc1ncccn1)N1C[C@@H]2C[C@H](C1)c1cccc(=O)n1C2. The molecule has 0 saturated carbocycles. The number of carbonyl (C=O) groups excluding carboxylic acids is 1. The number of carbonyl (C=O) groups is 1. The van der Waals surface area contributed by atoms with Crippen molar-refractivity contribution in [3.8, 4) is 0 Å². The van der Waals surface area contributed by atoms with Crippen LogP contribution < -0.4 is 10.9 Å². The zero-order valence-electron chi connectivity index (χ0n) is 16.1. The van der Waals surface area contributed by atoms with E-state index < -0.39 is 0 Å². The highest BCUT2D eigenvalue weighted by Gasteiger charge is 2.35. The summed E-state index contributed by atoms with van der Waals surface area (Å²) in [7, 11) is 0. The number of likely N-dealkylation sites (tertiary alicyclic amines) is 1. The Morgan fingerprint density at radius 2 is 1.93 bits per heavy atom. The number of rotatable bonds is 7. The topological polar surface area (TPSA) is 80.1 Å². The van der Waals surface area contributed by atoms with Gasteiger partial charge in [0.05, 0.1) is 0 Å². The number of unbranched alkanes of at least 4 members (excludes halogenated alkanes) is 2. The summed E-state index contributed by atoms with van der Waals surface area (Å²) in [5, 5.41) is 3.19. The number of amides is 1. The van der Waals surface area contributed by atoms with Crippen molar-refractivity contribution in [1.82, 2.24) is 19.4 Å². The van der Waals surface area contributed by atoms with Crippen LogP contribution in [0.1, 0.15) is 43.7 Å². The maximum Gasteiger partial charge on any atom is 0.250 e. The van der Waals surface area contributed by atoms with E-state index in [-0.39, 0.29) is 11.5 Å². The fraction of sp³-hybridized carbons (Fsp3) is 0.524. The second-order valence-corrected chi connectivity index (χ2v) is 7.81. The number of nitrogens with one attached hydrogen (secondary N) is 1. The number of hydrogen-bond acceptors (Lipinski definition) is 5. The first-order valence-corrected chi connectivity index (χ1v) is 10.2. The van der Waals surface area contributed by atoms with Gasteiger partial charge in [0.15, 0.2) is 0 Å². The molecule has 0 aliphatic carbocycles. The molecule has 0 aromatic carbocycles. The lowest BCUT2D eigenvalue weighted by Crippen LogP contribution is -2.49. The van der Waals surface area contributed by atoms with Crippen molar-refractivity contribution < 1.29 is 4.79 Å². The molecule has 2 bridgehead atoms. The Balaban J connectivity index is 1.21. The molecule has 1 saturated heterocycles. The van der Waals surface area contributed by atoms with Crippen molar-refractivity contribution in [2.24, 2.45) is 5.92 Å². The Hall–Kier alpha value is -2.70. The van der Waals surface area contributed by atoms with E-state index in [0.717, 1.165) is 57.6 Å². The summed E-state index contributed by atoms with van der Waals surface area (Å²) in [5.74, 6) is 1.59. The van der Waals surface area contributed by atoms with E-state index in [2.05, 4.69) is 15.3 Å². The highest BCUT2D eigenvalue weighted by atomic mass is 16.2. The van der Waals surface area contributed by atoms with Crippen LogP contribution >= 0.6 is 0 Å². The van der Waals surface area contributed by atoms with Crippen molar-refractivity contribution in [3.63, 3.8) is 0 Å². The summed E-state index contributed by atoms with van der Waals surface area (Å²) >= 11 is 0. The third kappa shape index (κ3) is 4.24. The molecule has 1 fully saturated rings. The second kappa shape index (κ2) is 8.54. The van der Waals surface area contributed by atoms with Gasteiger partial charge in [0, 0.05) is 62.7 Å². The lowest BCUT2D eigenvalue weighted by molar-refractivity contribution is -0.134. The molecule has 1 amide bonds. The average Bonchev–Trinajstić information content (AvgIpc) is 2.72. The summed E-state index contributed by atoms with van der Waals surface area (Å²) in [5.41, 5.74) is 1.18. The minimum Gasteiger partial charge on any atom is -0.354 e. The van der Waals surface area contributed by atoms with Crippen molar-refractivity contribution in [3.05, 3.63) is 52.7 Å². The van der Waals surface area contributed by atoms with Crippen molar-refractivity contribution in [2.45, 2.75) is 44.6 Å². The van der Waals surface area contributed by atoms with Gasteiger partial charge in [0.1, 0.15) is 0 Å². The number of pyridine rings is 1. The summed E-state index contributed by atoms with van der Waals surface area (Å²) in [6.45, 7) is 3.08. The van der Waals surface area contributed by atoms with Gasteiger partial charge in [-0.15, -0.1) is 0 Å². The molecule has 1 N–H and O–H groups in total. The lowest BCUT2D eigenvalue weighted by Gasteiger charge is -2.42. The standard InChI is InChI=1S/C21H27N5O2/c27-19(7-2-1-3-9-22-21-23-10-5-11-24-21)25-13-16-12-17(15-25)18-6-4-8-20(28)26(18)14-16/h4-6,8,10-11,16-17H,1-3,7,9,12-15H2,(H,22,23,24)/t16-,17+/m0/s1. The first kappa shape index (κ1) is 18.7. The average molecular weight is 381 g/mol. The predicted molar refractivity (Wildman–Crippen MR) is 107 cm³/mol. The van der Waals surface area contributed by atoms with E-state index in [1.807, 2.05) is 21.6 Å². The van der Waals surface area contributed by atoms with Crippen molar-refractivity contribution >= 4 is 11.9 Å². The highest BCUT2D eigenvalue weighted by Crippen LogP contribution is 2.35. The van der Waals surface area contributed by atoms with Gasteiger partial charge in [0.2, 0.25) is 11.9 Å². The Morgan fingerprint density at radius 3 is 2.79 bits per heavy atom. The van der Waals surface area contributed by atoms with Gasteiger partial charge >= 0.3 is 0 Å². The minimum atomic E-state index is 0.0847. The molecule has 0 spiro atoms. The molecule has 0 radical (unpaired) electrons. The van der Waals surface area contributed by atoms with Gasteiger partial charge in [-0.2, -0.15) is 0 Å². The number of nitrogens with zero attached hydrogens (tertiary/aromatic N) is 4. The van der Waals surface area contributed by atoms with Crippen LogP contribution in [0, 0.1) is 5.92 Å². The molecule has 4 rings (SSSR count). The fourth-order valence-electron chi connectivity index (χ4n) is 4.43. The quantitative estimate of drug-likeness (QED) is 0.744. The van der Waals surface area contributed by atoms with Crippen LogP contribution in [0.25, 0.3) is 0 Å². The third-order valence-corrected chi connectivity index (χ3v) is 5.75. The predicted octanol–water partition coefficient (Wildman–Crippen LogP) is 2.26. The summed E-state index contributed by atoms with van der Waals surface area (Å²) in [4.78, 5) is 35.1. The Labute approximate surface area is 164 Å². The lowest BCUT2D eigenvalue weighted by atomic mass is 9.83. The molecule has 148 valence electrons. The zero-order valence-corrected chi connectivity index (χ0v) is 16.1. The van der Waals surface area contributed by atoms with Crippen LogP contribution in [0.3, 0.4) is 0 Å². The largest absolute Gasteiger partial charge is 0.354 e. The van der Waals surface area contributed by atoms with Crippen molar-refractivity contribution in [2.75, 3.05) is 25.0 Å². The van der Waals surface area contributed by atoms with E-state index in [4.69, 9.17) is 0 Å². The molecule has 28 heavy (non-hydrogen) atoms. The van der Waals surface area contributed by atoms with Gasteiger partial charge in [-0.25, -0.2) is 9.97 Å². The molecular weight excluding hydrogens is 354 g/mol. The van der Waals surface area contributed by atoms with E-state index >= 15 is 0 Å². The summed E-state index contributed by atoms with van der Waals surface area (Å²) < 4.78 is 1.91. The zero-order chi connectivity index (χ0) is 19.3. The van der Waals surface area contributed by atoms with Crippen LogP contribution in [0.2, 0.25) is 0 Å². The van der Waals surface area contributed by atoms with Gasteiger partial charge in [-0.3, -0.25) is 9.59 Å². The van der Waals surface area contributed by atoms with Gasteiger partial charge < -0.3 is 14.8 Å². The molecule has 7 heteroatoms. The highest BCUT2D eigenvalue weighted by molar-refractivity contribution is 5.76. The molecule has 7 nitrogen and oxygen atoms in total. The first-order valence-electron chi connectivity index (χ1n) is 10.2. The van der Waals surface area contributed by atoms with E-state index in [0.29, 0.717) is 24.2 Å². The number of fused-ring (bicyclic) bond motifs is 4. The number of piperidine rings is 1. The number of aromatic nitrogens is 3. The monoisotopic (exact) mass is 381 g/mol. The van der Waals surface area contributed by atoms with Crippen LogP contribution in [-0.4, -0.2) is 45.0 Å². The molecule has 2 aliphatic heterocycles. The third-order valence-electron chi connectivity index (χ3n) is 5.75. The fourth-order valence-corrected chi connectivity index (χ4v) is 4.43. The Morgan fingerprint density at radius 1 is 1.07 bits per heavy atom. The number of anilines is 1. The van der Waals surface area contributed by atoms with Crippen LogP contribution in [0.4, 0.5) is 5.95 Å². The van der Waals surface area contributed by atoms with Gasteiger partial charge in [0.25, 0.3) is 5.56 Å². The summed E-state index contributed by atoms with van der Waals surface area (Å²) in [6.07, 6.45) is 8.02. The normalized spacial score (nSPS) is 20.5. The molecular formula is C21H27N5O2. The van der Waals surface area contributed by atoms with Crippen LogP contribution in [0.15, 0.2) is 41.5 Å². The van der Waals surface area contributed by atoms with E-state index in [9.17, 15) is 9.59 Å². The first-order chi connectivity index (χ1) is 13.7. The molecule has 2 aliphatic rings. The van der Waals surface area contributed by atoms with Crippen LogP contribution in [-0.2, 0) is 11.3 Å². The molecule has 0 unspecified atom stereocenters. The van der Waals surface area contributed by atoms with E-state index in [1.165, 1.54) is 0 Å². The molecule has 2 aromatic rings. The Kier molecular flexibility index (Phi) is 5.69. The molecule has 4 heterocycles.